The van der Waals surface area contributed by atoms with Gasteiger partial charge in [0.1, 0.15) is 0 Å². The summed E-state index contributed by atoms with van der Waals surface area (Å²) in [5.41, 5.74) is 0.953. The standard InChI is InChI=1S/C21H19O3P/c22-25(18-7-3-1-4-8-18,19-9-5-2-6-10-19)20-13-11-17(12-14-20)21-23-15-16-24-21/h1-14,21H,15-16H2. The Hall–Kier alpha value is -2.19. The van der Waals surface area contributed by atoms with Crippen LogP contribution in [0.25, 0.3) is 0 Å². The molecule has 1 aliphatic rings. The molecule has 0 spiro atoms. The van der Waals surface area contributed by atoms with Crippen LogP contribution in [0.1, 0.15) is 11.9 Å². The molecule has 3 aromatic rings. The van der Waals surface area contributed by atoms with Crippen molar-refractivity contribution >= 4 is 23.1 Å². The highest BCUT2D eigenvalue weighted by Gasteiger charge is 2.29. The molecule has 1 saturated heterocycles. The lowest BCUT2D eigenvalue weighted by atomic mass is 10.2. The normalized spacial score (nSPS) is 15.4. The highest BCUT2D eigenvalue weighted by molar-refractivity contribution is 7.85. The Balaban J connectivity index is 1.80. The van der Waals surface area contributed by atoms with Crippen LogP contribution in [0.2, 0.25) is 0 Å². The Morgan fingerprint density at radius 3 is 1.56 bits per heavy atom. The van der Waals surface area contributed by atoms with Crippen LogP contribution in [0, 0.1) is 0 Å². The molecule has 0 aliphatic carbocycles. The second-order valence-electron chi connectivity index (χ2n) is 5.95. The zero-order chi connectivity index (χ0) is 17.1. The number of benzene rings is 3. The highest BCUT2D eigenvalue weighted by Crippen LogP contribution is 2.42. The van der Waals surface area contributed by atoms with E-state index in [1.165, 1.54) is 0 Å². The maximum absolute atomic E-state index is 14.2. The largest absolute Gasteiger partial charge is 0.346 e. The van der Waals surface area contributed by atoms with Gasteiger partial charge in [0.2, 0.25) is 0 Å². The maximum Gasteiger partial charge on any atom is 0.184 e. The Morgan fingerprint density at radius 2 is 1.08 bits per heavy atom. The van der Waals surface area contributed by atoms with E-state index >= 15 is 0 Å². The van der Waals surface area contributed by atoms with Gasteiger partial charge in [-0.15, -0.1) is 0 Å². The lowest BCUT2D eigenvalue weighted by Gasteiger charge is -2.20. The summed E-state index contributed by atoms with van der Waals surface area (Å²) in [6.07, 6.45) is -0.318. The molecule has 1 fully saturated rings. The summed E-state index contributed by atoms with van der Waals surface area (Å²) < 4.78 is 25.3. The molecule has 1 heterocycles. The first kappa shape index (κ1) is 16.3. The van der Waals surface area contributed by atoms with E-state index in [4.69, 9.17) is 9.47 Å². The van der Waals surface area contributed by atoms with Crippen molar-refractivity contribution in [2.24, 2.45) is 0 Å². The summed E-state index contributed by atoms with van der Waals surface area (Å²) in [6, 6.07) is 27.1. The van der Waals surface area contributed by atoms with Crippen LogP contribution in [0.15, 0.2) is 84.9 Å². The van der Waals surface area contributed by atoms with Crippen molar-refractivity contribution < 1.29 is 14.0 Å². The zero-order valence-electron chi connectivity index (χ0n) is 13.7. The van der Waals surface area contributed by atoms with Gasteiger partial charge >= 0.3 is 0 Å². The Labute approximate surface area is 147 Å². The van der Waals surface area contributed by atoms with Crippen LogP contribution in [0.5, 0.6) is 0 Å². The summed E-state index contributed by atoms with van der Waals surface area (Å²) >= 11 is 0. The Morgan fingerprint density at radius 1 is 0.640 bits per heavy atom. The summed E-state index contributed by atoms with van der Waals surface area (Å²) in [7, 11) is -2.91. The smallest absolute Gasteiger partial charge is 0.184 e. The SMILES string of the molecule is O=P(c1ccccc1)(c1ccccc1)c1ccc(C2OCCO2)cc1. The second-order valence-corrected chi connectivity index (χ2v) is 8.71. The van der Waals surface area contributed by atoms with Crippen LogP contribution in [-0.2, 0) is 14.0 Å². The number of hydrogen-bond acceptors (Lipinski definition) is 3. The summed E-state index contributed by atoms with van der Waals surface area (Å²) in [5, 5.41) is 2.48. The lowest BCUT2D eigenvalue weighted by Crippen LogP contribution is -2.25. The highest BCUT2D eigenvalue weighted by atomic mass is 31.2. The molecule has 4 heteroatoms. The molecule has 3 aromatic carbocycles. The van der Waals surface area contributed by atoms with Crippen molar-refractivity contribution in [3.8, 4) is 0 Å². The third-order valence-electron chi connectivity index (χ3n) is 4.39. The summed E-state index contributed by atoms with van der Waals surface area (Å²) in [6.45, 7) is 1.22. The molecule has 25 heavy (non-hydrogen) atoms. The lowest BCUT2D eigenvalue weighted by molar-refractivity contribution is -0.0441. The molecule has 4 rings (SSSR count). The topological polar surface area (TPSA) is 35.5 Å². The molecule has 1 aliphatic heterocycles. The molecular formula is C21H19O3P. The van der Waals surface area contributed by atoms with Crippen LogP contribution in [0.4, 0.5) is 0 Å². The third kappa shape index (κ3) is 3.07. The molecular weight excluding hydrogens is 331 g/mol. The van der Waals surface area contributed by atoms with E-state index in [1.54, 1.807) is 0 Å². The minimum atomic E-state index is -2.91. The van der Waals surface area contributed by atoms with Gasteiger partial charge in [0.15, 0.2) is 13.4 Å². The van der Waals surface area contributed by atoms with Gasteiger partial charge in [-0.1, -0.05) is 84.9 Å². The van der Waals surface area contributed by atoms with E-state index in [-0.39, 0.29) is 6.29 Å². The van der Waals surface area contributed by atoms with Gasteiger partial charge in [-0.05, 0) is 0 Å². The average molecular weight is 350 g/mol. The third-order valence-corrected chi connectivity index (χ3v) is 7.47. The van der Waals surface area contributed by atoms with E-state index in [9.17, 15) is 4.57 Å². The Kier molecular flexibility index (Phi) is 4.54. The molecule has 126 valence electrons. The molecule has 0 radical (unpaired) electrons. The number of ether oxygens (including phenoxy) is 2. The predicted molar refractivity (Wildman–Crippen MR) is 100 cm³/mol. The zero-order valence-corrected chi connectivity index (χ0v) is 14.6. The van der Waals surface area contributed by atoms with Crippen LogP contribution in [0.3, 0.4) is 0 Å². The molecule has 0 atom stereocenters. The van der Waals surface area contributed by atoms with Crippen LogP contribution in [-0.4, -0.2) is 13.2 Å². The minimum absolute atomic E-state index is 0.318. The van der Waals surface area contributed by atoms with Gasteiger partial charge in [0, 0.05) is 21.5 Å². The van der Waals surface area contributed by atoms with Gasteiger partial charge in [0.05, 0.1) is 13.2 Å². The van der Waals surface area contributed by atoms with E-state index in [0.717, 1.165) is 21.5 Å². The van der Waals surface area contributed by atoms with E-state index in [0.29, 0.717) is 13.2 Å². The van der Waals surface area contributed by atoms with Gasteiger partial charge < -0.3 is 14.0 Å². The fourth-order valence-electron chi connectivity index (χ4n) is 3.12. The second kappa shape index (κ2) is 6.97. The summed E-state index contributed by atoms with van der Waals surface area (Å²) in [5.74, 6) is 0. The summed E-state index contributed by atoms with van der Waals surface area (Å²) in [4.78, 5) is 0. The maximum atomic E-state index is 14.2. The van der Waals surface area contributed by atoms with E-state index < -0.39 is 7.14 Å². The fourth-order valence-corrected chi connectivity index (χ4v) is 5.76. The molecule has 0 saturated carbocycles. The molecule has 0 N–H and O–H groups in total. The van der Waals surface area contributed by atoms with E-state index in [2.05, 4.69) is 0 Å². The number of hydrogen-bond donors (Lipinski definition) is 0. The van der Waals surface area contributed by atoms with Gasteiger partial charge in [-0.2, -0.15) is 0 Å². The van der Waals surface area contributed by atoms with Crippen molar-refractivity contribution in [2.75, 3.05) is 13.2 Å². The number of rotatable bonds is 4. The first-order chi connectivity index (χ1) is 12.3. The Bertz CT molecular complexity index is 827. The van der Waals surface area contributed by atoms with Crippen molar-refractivity contribution in [1.82, 2.24) is 0 Å². The minimum Gasteiger partial charge on any atom is -0.346 e. The van der Waals surface area contributed by atoms with Crippen LogP contribution < -0.4 is 15.9 Å². The molecule has 3 nitrogen and oxygen atoms in total. The van der Waals surface area contributed by atoms with Crippen molar-refractivity contribution in [3.63, 3.8) is 0 Å². The van der Waals surface area contributed by atoms with Crippen molar-refractivity contribution in [2.45, 2.75) is 6.29 Å². The van der Waals surface area contributed by atoms with Crippen molar-refractivity contribution in [1.29, 1.82) is 0 Å². The van der Waals surface area contributed by atoms with E-state index in [1.807, 2.05) is 84.9 Å². The van der Waals surface area contributed by atoms with Gasteiger partial charge in [-0.3, -0.25) is 0 Å². The first-order valence-corrected chi connectivity index (χ1v) is 10.0. The van der Waals surface area contributed by atoms with Crippen LogP contribution >= 0.6 is 7.14 Å². The molecule has 0 bridgehead atoms. The first-order valence-electron chi connectivity index (χ1n) is 8.33. The monoisotopic (exact) mass is 350 g/mol. The predicted octanol–water partition coefficient (Wildman–Crippen LogP) is 3.37. The average Bonchev–Trinajstić information content (AvgIpc) is 3.24. The quantitative estimate of drug-likeness (QED) is 0.677. The molecule has 0 amide bonds. The van der Waals surface area contributed by atoms with Gasteiger partial charge in [0.25, 0.3) is 0 Å². The van der Waals surface area contributed by atoms with Crippen molar-refractivity contribution in [3.05, 3.63) is 90.5 Å². The van der Waals surface area contributed by atoms with Gasteiger partial charge in [-0.25, -0.2) is 0 Å². The molecule has 0 unspecified atom stereocenters. The molecule has 0 aromatic heterocycles. The fraction of sp³-hybridized carbons (Fsp3) is 0.143.